The number of halogens is 1. The van der Waals surface area contributed by atoms with Gasteiger partial charge in [0, 0.05) is 5.69 Å². The van der Waals surface area contributed by atoms with E-state index < -0.39 is 28.5 Å². The lowest BCUT2D eigenvalue weighted by molar-refractivity contribution is -0.119. The van der Waals surface area contributed by atoms with Crippen LogP contribution < -0.4 is 10.0 Å². The first kappa shape index (κ1) is 20.4. The molecule has 0 aliphatic rings. The smallest absolute Gasteiger partial charge is 0.338 e. The van der Waals surface area contributed by atoms with Crippen LogP contribution in [-0.2, 0) is 19.6 Å². The first-order valence-electron chi connectivity index (χ1n) is 7.47. The van der Waals surface area contributed by atoms with E-state index in [2.05, 4.69) is 10.0 Å². The molecule has 2 N–H and O–H groups in total. The molecular weight excluding hydrogens is 394 g/mol. The Kier molecular flexibility index (Phi) is 6.52. The van der Waals surface area contributed by atoms with Crippen LogP contribution >= 0.6 is 11.6 Å². The van der Waals surface area contributed by atoms with Crippen molar-refractivity contribution in [1.29, 1.82) is 5.26 Å². The van der Waals surface area contributed by atoms with Gasteiger partial charge >= 0.3 is 5.97 Å². The van der Waals surface area contributed by atoms with Crippen LogP contribution in [0.1, 0.15) is 15.9 Å². The molecule has 0 saturated heterocycles. The molecule has 0 heterocycles. The third kappa shape index (κ3) is 5.27. The fourth-order valence-electron chi connectivity index (χ4n) is 2.00. The molecule has 0 aliphatic heterocycles. The Bertz CT molecular complexity index is 1030. The van der Waals surface area contributed by atoms with Crippen LogP contribution in [0.3, 0.4) is 0 Å². The van der Waals surface area contributed by atoms with Crippen molar-refractivity contribution < 1.29 is 22.7 Å². The molecule has 2 aromatic carbocycles. The Labute approximate surface area is 160 Å². The third-order valence-corrected chi connectivity index (χ3v) is 5.08. The zero-order valence-corrected chi connectivity index (χ0v) is 15.6. The van der Waals surface area contributed by atoms with Crippen molar-refractivity contribution in [2.75, 3.05) is 19.0 Å². The van der Waals surface area contributed by atoms with E-state index >= 15 is 0 Å². The summed E-state index contributed by atoms with van der Waals surface area (Å²) in [6.45, 7) is -0.584. The highest BCUT2D eigenvalue weighted by Gasteiger charge is 2.16. The molecule has 2 rings (SSSR count). The number of rotatable bonds is 6. The molecule has 140 valence electrons. The fraction of sp³-hybridized carbons (Fsp3) is 0.118. The van der Waals surface area contributed by atoms with Crippen molar-refractivity contribution in [3.63, 3.8) is 0 Å². The molecule has 0 aromatic heterocycles. The topological polar surface area (TPSA) is 125 Å². The highest BCUT2D eigenvalue weighted by Crippen LogP contribution is 2.20. The molecule has 0 aliphatic carbocycles. The second-order valence-electron chi connectivity index (χ2n) is 5.17. The molecule has 0 unspecified atom stereocenters. The van der Waals surface area contributed by atoms with Gasteiger partial charge in [0.05, 0.1) is 21.0 Å². The number of hydrogen-bond donors (Lipinski definition) is 2. The minimum atomic E-state index is -3.71. The zero-order valence-electron chi connectivity index (χ0n) is 14.0. The summed E-state index contributed by atoms with van der Waals surface area (Å²) in [5.41, 5.74) is 0.584. The number of nitrogens with one attached hydrogen (secondary N) is 2. The van der Waals surface area contributed by atoms with Gasteiger partial charge in [0.1, 0.15) is 6.07 Å². The third-order valence-electron chi connectivity index (χ3n) is 3.36. The number of sulfonamides is 1. The van der Waals surface area contributed by atoms with Gasteiger partial charge in [-0.3, -0.25) is 4.79 Å². The molecule has 0 atom stereocenters. The van der Waals surface area contributed by atoms with Crippen LogP contribution in [0.15, 0.2) is 47.4 Å². The average molecular weight is 408 g/mol. The van der Waals surface area contributed by atoms with Crippen LogP contribution in [0.2, 0.25) is 5.02 Å². The van der Waals surface area contributed by atoms with Gasteiger partial charge in [0.25, 0.3) is 5.91 Å². The number of carbonyl (C=O) groups excluding carboxylic acids is 2. The van der Waals surface area contributed by atoms with Gasteiger partial charge in [-0.05, 0) is 43.4 Å². The van der Waals surface area contributed by atoms with Crippen molar-refractivity contribution in [1.82, 2.24) is 4.72 Å². The van der Waals surface area contributed by atoms with Gasteiger partial charge < -0.3 is 10.1 Å². The molecule has 0 radical (unpaired) electrons. The van der Waals surface area contributed by atoms with E-state index in [1.54, 1.807) is 0 Å². The quantitative estimate of drug-likeness (QED) is 0.704. The summed E-state index contributed by atoms with van der Waals surface area (Å²) >= 11 is 5.87. The van der Waals surface area contributed by atoms with Gasteiger partial charge in [-0.25, -0.2) is 17.9 Å². The number of anilines is 1. The van der Waals surface area contributed by atoms with E-state index in [0.717, 1.165) is 6.07 Å². The van der Waals surface area contributed by atoms with Gasteiger partial charge in [0.15, 0.2) is 6.61 Å². The molecular formula is C17H14ClN3O5S. The number of ether oxygens (including phenoxy) is 1. The van der Waals surface area contributed by atoms with Crippen LogP contribution in [0.25, 0.3) is 0 Å². The SMILES string of the molecule is CNS(=O)(=O)c1cccc(C(=O)OCC(=O)Nc2ccc(C#N)c(Cl)c2)c1. The number of nitrogens with zero attached hydrogens (tertiary/aromatic N) is 1. The van der Waals surface area contributed by atoms with Crippen molar-refractivity contribution >= 4 is 39.2 Å². The Morgan fingerprint density at radius 2 is 1.96 bits per heavy atom. The lowest BCUT2D eigenvalue weighted by atomic mass is 10.2. The normalized spacial score (nSPS) is 10.7. The van der Waals surface area contributed by atoms with Crippen LogP contribution in [0.5, 0.6) is 0 Å². The molecule has 0 spiro atoms. The predicted molar refractivity (Wildman–Crippen MR) is 97.8 cm³/mol. The standard InChI is InChI=1S/C17H14ClN3O5S/c1-20-27(24,25)14-4-2-3-11(7-14)17(23)26-10-16(22)21-13-6-5-12(9-19)15(18)8-13/h2-8,20H,10H2,1H3,(H,21,22). The lowest BCUT2D eigenvalue weighted by Gasteiger charge is -2.08. The molecule has 10 heteroatoms. The van der Waals surface area contributed by atoms with E-state index in [4.69, 9.17) is 21.6 Å². The minimum Gasteiger partial charge on any atom is -0.452 e. The van der Waals surface area contributed by atoms with E-state index in [9.17, 15) is 18.0 Å². The maximum Gasteiger partial charge on any atom is 0.338 e. The fourth-order valence-corrected chi connectivity index (χ4v) is 3.00. The zero-order chi connectivity index (χ0) is 20.0. The minimum absolute atomic E-state index is 0.0134. The monoisotopic (exact) mass is 407 g/mol. The van der Waals surface area contributed by atoms with E-state index in [0.29, 0.717) is 5.69 Å². The van der Waals surface area contributed by atoms with Gasteiger partial charge in [-0.15, -0.1) is 0 Å². The number of benzene rings is 2. The van der Waals surface area contributed by atoms with Crippen molar-refractivity contribution in [3.8, 4) is 6.07 Å². The number of carbonyl (C=O) groups is 2. The molecule has 0 fully saturated rings. The number of esters is 1. The average Bonchev–Trinajstić information content (AvgIpc) is 2.66. The summed E-state index contributed by atoms with van der Waals surface area (Å²) in [5.74, 6) is -1.47. The number of amides is 1. The van der Waals surface area contributed by atoms with Gasteiger partial charge in [-0.2, -0.15) is 5.26 Å². The number of hydrogen-bond acceptors (Lipinski definition) is 6. The van der Waals surface area contributed by atoms with Crippen LogP contribution in [-0.4, -0.2) is 33.9 Å². The molecule has 2 aromatic rings. The van der Waals surface area contributed by atoms with Crippen molar-refractivity contribution in [2.45, 2.75) is 4.90 Å². The second kappa shape index (κ2) is 8.64. The van der Waals surface area contributed by atoms with Gasteiger partial charge in [0.2, 0.25) is 10.0 Å². The van der Waals surface area contributed by atoms with Crippen molar-refractivity contribution in [3.05, 3.63) is 58.6 Å². The Morgan fingerprint density at radius 3 is 2.59 bits per heavy atom. The molecule has 0 bridgehead atoms. The first-order valence-corrected chi connectivity index (χ1v) is 9.33. The molecule has 27 heavy (non-hydrogen) atoms. The van der Waals surface area contributed by atoms with E-state index in [1.165, 1.54) is 43.4 Å². The van der Waals surface area contributed by atoms with E-state index in [1.807, 2.05) is 6.07 Å². The second-order valence-corrected chi connectivity index (χ2v) is 7.46. The first-order chi connectivity index (χ1) is 12.8. The van der Waals surface area contributed by atoms with Crippen molar-refractivity contribution in [2.24, 2.45) is 0 Å². The lowest BCUT2D eigenvalue weighted by Crippen LogP contribution is -2.21. The summed E-state index contributed by atoms with van der Waals surface area (Å²) in [6.07, 6.45) is 0. The van der Waals surface area contributed by atoms with Gasteiger partial charge in [-0.1, -0.05) is 17.7 Å². The largest absolute Gasteiger partial charge is 0.452 e. The molecule has 1 amide bonds. The molecule has 0 saturated carbocycles. The summed E-state index contributed by atoms with van der Waals surface area (Å²) in [4.78, 5) is 23.8. The Hall–Kier alpha value is -2.93. The summed E-state index contributed by atoms with van der Waals surface area (Å²) in [7, 11) is -2.46. The van der Waals surface area contributed by atoms with Crippen LogP contribution in [0.4, 0.5) is 5.69 Å². The highest BCUT2D eigenvalue weighted by molar-refractivity contribution is 7.89. The van der Waals surface area contributed by atoms with E-state index in [-0.39, 0.29) is 21.0 Å². The summed E-state index contributed by atoms with van der Waals surface area (Å²) in [5, 5.41) is 11.5. The van der Waals surface area contributed by atoms with Crippen LogP contribution in [0, 0.1) is 11.3 Å². The number of nitriles is 1. The Morgan fingerprint density at radius 1 is 1.22 bits per heavy atom. The maximum atomic E-state index is 12.0. The summed E-state index contributed by atoms with van der Waals surface area (Å²) in [6, 6.07) is 11.4. The Balaban J connectivity index is 1.99. The predicted octanol–water partition coefficient (Wildman–Crippen LogP) is 1.92. The molecule has 8 nitrogen and oxygen atoms in total. The maximum absolute atomic E-state index is 12.0. The summed E-state index contributed by atoms with van der Waals surface area (Å²) < 4.78 is 30.5. The highest BCUT2D eigenvalue weighted by atomic mass is 35.5.